The maximum Gasteiger partial charge on any atom is 0.417 e. The molecule has 4 saturated heterocycles. The van der Waals surface area contributed by atoms with Crippen molar-refractivity contribution in [2.45, 2.75) is 71.1 Å². The van der Waals surface area contributed by atoms with E-state index < -0.39 is 22.9 Å². The number of anilines is 3. The Kier molecular flexibility index (Phi) is 10.1. The van der Waals surface area contributed by atoms with Crippen LogP contribution < -0.4 is 15.1 Å². The van der Waals surface area contributed by atoms with E-state index in [0.717, 1.165) is 63.6 Å². The van der Waals surface area contributed by atoms with E-state index in [9.17, 15) is 27.6 Å². The van der Waals surface area contributed by atoms with Crippen molar-refractivity contribution in [2.75, 3.05) is 67.5 Å². The largest absolute Gasteiger partial charge is 0.444 e. The molecule has 51 heavy (non-hydrogen) atoms. The molecular formula is C37H46F3N7O4. The molecule has 1 aromatic carbocycles. The van der Waals surface area contributed by atoms with E-state index in [1.54, 1.807) is 23.2 Å². The average molecular weight is 710 g/mol. The van der Waals surface area contributed by atoms with Gasteiger partial charge in [-0.1, -0.05) is 0 Å². The van der Waals surface area contributed by atoms with Gasteiger partial charge in [-0.15, -0.1) is 0 Å². The minimum absolute atomic E-state index is 0.0120. The van der Waals surface area contributed by atoms with Gasteiger partial charge in [0, 0.05) is 75.3 Å². The van der Waals surface area contributed by atoms with Gasteiger partial charge in [-0.05, 0) is 89.6 Å². The zero-order chi connectivity index (χ0) is 36.6. The van der Waals surface area contributed by atoms with Crippen molar-refractivity contribution in [1.29, 1.82) is 5.26 Å². The predicted molar refractivity (Wildman–Crippen MR) is 185 cm³/mol. The number of carbonyl (C=O) groups is 3. The van der Waals surface area contributed by atoms with E-state index in [0.29, 0.717) is 50.5 Å². The second-order valence-corrected chi connectivity index (χ2v) is 15.4. The minimum Gasteiger partial charge on any atom is -0.444 e. The van der Waals surface area contributed by atoms with Crippen LogP contribution in [0.1, 0.15) is 70.4 Å². The molecule has 1 spiro atoms. The highest BCUT2D eigenvalue weighted by Crippen LogP contribution is 2.42. The van der Waals surface area contributed by atoms with Gasteiger partial charge in [0.1, 0.15) is 11.4 Å². The van der Waals surface area contributed by atoms with Crippen molar-refractivity contribution in [3.8, 4) is 6.07 Å². The first-order valence-corrected chi connectivity index (χ1v) is 17.8. The molecule has 0 aliphatic carbocycles. The lowest BCUT2D eigenvalue weighted by atomic mass is 9.71. The van der Waals surface area contributed by atoms with Crippen LogP contribution in [0.4, 0.5) is 35.2 Å². The number of hydrogen-bond acceptors (Lipinski definition) is 8. The smallest absolute Gasteiger partial charge is 0.417 e. The third-order valence-corrected chi connectivity index (χ3v) is 10.7. The molecule has 11 nitrogen and oxygen atoms in total. The second-order valence-electron chi connectivity index (χ2n) is 15.4. The number of halogens is 3. The molecule has 2 aromatic rings. The number of likely N-dealkylation sites (tertiary alicyclic amines) is 2. The number of pyridine rings is 1. The number of hydrogen-bond donors (Lipinski definition) is 1. The van der Waals surface area contributed by atoms with Crippen LogP contribution in [0.3, 0.4) is 0 Å². The van der Waals surface area contributed by atoms with Crippen molar-refractivity contribution < 1.29 is 32.3 Å². The summed E-state index contributed by atoms with van der Waals surface area (Å²) in [5.74, 6) is 0.168. The Bertz CT molecular complexity index is 1640. The second kappa shape index (κ2) is 14.2. The first kappa shape index (κ1) is 36.3. The SMILES string of the molecule is CC(C)(C)OC(=O)N1CCC2(CC1)CN(C(=O)C1CCN(c3ccc(NC(=O)C4CCN(c5ccc(C#N)c(C(F)(F)F)c5)CC4)nc3)CC1)C2. The lowest BCUT2D eigenvalue weighted by Gasteiger charge is -2.54. The minimum atomic E-state index is -4.62. The number of nitrogens with zero attached hydrogens (tertiary/aromatic N) is 6. The number of amides is 3. The van der Waals surface area contributed by atoms with E-state index in [1.807, 2.05) is 36.6 Å². The summed E-state index contributed by atoms with van der Waals surface area (Å²) in [6.07, 6.45) is 1.07. The zero-order valence-corrected chi connectivity index (χ0v) is 29.5. The van der Waals surface area contributed by atoms with Crippen molar-refractivity contribution in [3.05, 3.63) is 47.7 Å². The number of carbonyl (C=O) groups excluding carboxylic acids is 3. The molecular weight excluding hydrogens is 663 g/mol. The fourth-order valence-corrected chi connectivity index (χ4v) is 7.70. The average Bonchev–Trinajstić information content (AvgIpc) is 3.09. The number of ether oxygens (including phenoxy) is 1. The number of aromatic nitrogens is 1. The van der Waals surface area contributed by atoms with Gasteiger partial charge >= 0.3 is 12.3 Å². The highest BCUT2D eigenvalue weighted by Gasteiger charge is 2.48. The van der Waals surface area contributed by atoms with Gasteiger partial charge in [-0.25, -0.2) is 9.78 Å². The van der Waals surface area contributed by atoms with Gasteiger partial charge in [0.15, 0.2) is 0 Å². The van der Waals surface area contributed by atoms with E-state index in [4.69, 9.17) is 10.00 Å². The van der Waals surface area contributed by atoms with Gasteiger partial charge < -0.3 is 29.7 Å². The Morgan fingerprint density at radius 2 is 1.45 bits per heavy atom. The van der Waals surface area contributed by atoms with Gasteiger partial charge in [0.25, 0.3) is 0 Å². The van der Waals surface area contributed by atoms with Gasteiger partial charge in [-0.3, -0.25) is 9.59 Å². The first-order chi connectivity index (χ1) is 24.1. The summed E-state index contributed by atoms with van der Waals surface area (Å²) in [6.45, 7) is 10.7. The summed E-state index contributed by atoms with van der Waals surface area (Å²) >= 11 is 0. The number of piperidine rings is 3. The van der Waals surface area contributed by atoms with E-state index in [-0.39, 0.29) is 35.2 Å². The Morgan fingerprint density at radius 1 is 0.863 bits per heavy atom. The molecule has 0 saturated carbocycles. The van der Waals surface area contributed by atoms with Crippen LogP contribution in [0.25, 0.3) is 0 Å². The Morgan fingerprint density at radius 3 is 2.00 bits per heavy atom. The molecule has 6 rings (SSSR count). The number of nitriles is 1. The molecule has 1 aromatic heterocycles. The maximum atomic E-state index is 13.4. The Hall–Kier alpha value is -4.54. The predicted octanol–water partition coefficient (Wildman–Crippen LogP) is 5.90. The third kappa shape index (κ3) is 8.34. The highest BCUT2D eigenvalue weighted by molar-refractivity contribution is 5.92. The molecule has 4 fully saturated rings. The van der Waals surface area contributed by atoms with E-state index in [1.165, 1.54) is 12.1 Å². The summed E-state index contributed by atoms with van der Waals surface area (Å²) < 4.78 is 45.8. The molecule has 274 valence electrons. The van der Waals surface area contributed by atoms with Crippen LogP contribution in [0.15, 0.2) is 36.5 Å². The highest BCUT2D eigenvalue weighted by atomic mass is 19.4. The number of alkyl halides is 3. The lowest BCUT2D eigenvalue weighted by molar-refractivity contribution is -0.152. The number of nitrogens with one attached hydrogen (secondary N) is 1. The molecule has 1 N–H and O–H groups in total. The molecule has 4 aliphatic rings. The summed E-state index contributed by atoms with van der Waals surface area (Å²) in [5, 5.41) is 11.9. The molecule has 3 amide bonds. The van der Waals surface area contributed by atoms with Crippen molar-refractivity contribution in [2.24, 2.45) is 17.3 Å². The van der Waals surface area contributed by atoms with Crippen molar-refractivity contribution >= 4 is 35.1 Å². The van der Waals surface area contributed by atoms with Crippen LogP contribution in [0, 0.1) is 28.6 Å². The quantitative estimate of drug-likeness (QED) is 0.407. The van der Waals surface area contributed by atoms with Gasteiger partial charge in [-0.2, -0.15) is 18.4 Å². The molecule has 5 heterocycles. The third-order valence-electron chi connectivity index (χ3n) is 10.7. The molecule has 4 aliphatic heterocycles. The van der Waals surface area contributed by atoms with E-state index in [2.05, 4.69) is 15.2 Å². The number of rotatable bonds is 5. The standard InChI is InChI=1S/C37H46F3N7O4/c1-35(2,3)51-34(50)46-18-12-36(13-19-46)23-47(24-36)33(49)26-10-16-45(17-11-26)29-6-7-31(42-22-29)43-32(48)25-8-14-44(15-9-25)28-5-4-27(21-41)30(20-28)37(38,39)40/h4-7,20,22,25-26H,8-19,23-24H2,1-3H3,(H,42,43,48). The first-order valence-electron chi connectivity index (χ1n) is 17.8. The molecule has 0 bridgehead atoms. The monoisotopic (exact) mass is 709 g/mol. The molecule has 0 radical (unpaired) electrons. The Balaban J connectivity index is 0.916. The summed E-state index contributed by atoms with van der Waals surface area (Å²) in [6, 6.07) is 9.00. The van der Waals surface area contributed by atoms with Crippen molar-refractivity contribution in [1.82, 2.24) is 14.8 Å². The van der Waals surface area contributed by atoms with Crippen molar-refractivity contribution in [3.63, 3.8) is 0 Å². The van der Waals surface area contributed by atoms with Crippen LogP contribution >= 0.6 is 0 Å². The Labute approximate surface area is 296 Å². The van der Waals surface area contributed by atoms with Gasteiger partial charge in [0.05, 0.1) is 29.1 Å². The van der Waals surface area contributed by atoms with E-state index >= 15 is 0 Å². The van der Waals surface area contributed by atoms with Crippen LogP contribution in [-0.4, -0.2) is 90.7 Å². The fraction of sp³-hybridized carbons (Fsp3) is 0.595. The summed E-state index contributed by atoms with van der Waals surface area (Å²) in [4.78, 5) is 51.0. The topological polar surface area (TPSA) is 122 Å². The van der Waals surface area contributed by atoms with Crippen LogP contribution in [-0.2, 0) is 20.5 Å². The van der Waals surface area contributed by atoms with Gasteiger partial charge in [0.2, 0.25) is 11.8 Å². The zero-order valence-electron chi connectivity index (χ0n) is 29.5. The fourth-order valence-electron chi connectivity index (χ4n) is 7.70. The summed E-state index contributed by atoms with van der Waals surface area (Å²) in [5.41, 5.74) is -0.471. The number of benzene rings is 1. The van der Waals surface area contributed by atoms with Crippen LogP contribution in [0.2, 0.25) is 0 Å². The molecule has 0 atom stereocenters. The normalized spacial score (nSPS) is 20.1. The molecule has 0 unspecified atom stereocenters. The molecule has 14 heteroatoms. The summed E-state index contributed by atoms with van der Waals surface area (Å²) in [7, 11) is 0. The lowest BCUT2D eigenvalue weighted by Crippen LogP contribution is -2.63. The maximum absolute atomic E-state index is 13.4. The van der Waals surface area contributed by atoms with Crippen LogP contribution in [0.5, 0.6) is 0 Å².